The van der Waals surface area contributed by atoms with Crippen LogP contribution in [0, 0.1) is 0 Å². The number of nitrogens with zero attached hydrogens (tertiary/aromatic N) is 1. The minimum atomic E-state index is -0.961. The first kappa shape index (κ1) is 10.4. The Balaban J connectivity index is 0.000000810. The molecule has 0 aromatic heterocycles. The number of likely N-dealkylation sites (tertiary alicyclic amines) is 1. The largest absolute Gasteiger partial charge is 1.00 e. The van der Waals surface area contributed by atoms with Crippen molar-refractivity contribution in [2.75, 3.05) is 19.6 Å². The van der Waals surface area contributed by atoms with Gasteiger partial charge in [0.25, 0.3) is 0 Å². The molecule has 0 amide bonds. The van der Waals surface area contributed by atoms with Crippen molar-refractivity contribution < 1.29 is 39.5 Å². The van der Waals surface area contributed by atoms with Gasteiger partial charge < -0.3 is 9.90 Å². The van der Waals surface area contributed by atoms with Gasteiger partial charge in [0, 0.05) is 6.54 Å². The summed E-state index contributed by atoms with van der Waals surface area (Å²) in [6.45, 7) is 1.96. The molecule has 0 bridgehead atoms. The average molecular weight is 151 g/mol. The van der Waals surface area contributed by atoms with Crippen LogP contribution in [0.15, 0.2) is 0 Å². The standard InChI is InChI=1S/C6H11NO2.Na/c8-6(9)5-7-3-1-2-4-7;/h1-5H2,(H,8,9);/q;+1/p-1. The molecule has 0 saturated carbocycles. The van der Waals surface area contributed by atoms with Crippen molar-refractivity contribution in [3.05, 3.63) is 0 Å². The summed E-state index contributed by atoms with van der Waals surface area (Å²) >= 11 is 0. The van der Waals surface area contributed by atoms with E-state index in [1.54, 1.807) is 0 Å². The smallest absolute Gasteiger partial charge is 0.549 e. The molecule has 1 aliphatic rings. The molecular weight excluding hydrogens is 141 g/mol. The van der Waals surface area contributed by atoms with Gasteiger partial charge in [0.2, 0.25) is 0 Å². The summed E-state index contributed by atoms with van der Waals surface area (Å²) in [5.74, 6) is -0.961. The van der Waals surface area contributed by atoms with E-state index in [0.717, 1.165) is 25.9 Å². The number of aliphatic carboxylic acids is 1. The molecule has 0 radical (unpaired) electrons. The summed E-state index contributed by atoms with van der Waals surface area (Å²) in [4.78, 5) is 11.9. The zero-order valence-corrected chi connectivity index (χ0v) is 8.30. The minimum absolute atomic E-state index is 0. The fourth-order valence-electron chi connectivity index (χ4n) is 1.12. The zero-order chi connectivity index (χ0) is 6.69. The molecule has 0 aromatic carbocycles. The summed E-state index contributed by atoms with van der Waals surface area (Å²) in [6, 6.07) is 0. The second-order valence-corrected chi connectivity index (χ2v) is 2.36. The van der Waals surface area contributed by atoms with Gasteiger partial charge in [-0.25, -0.2) is 0 Å². The molecule has 0 spiro atoms. The summed E-state index contributed by atoms with van der Waals surface area (Å²) in [5, 5.41) is 10.0. The second-order valence-electron chi connectivity index (χ2n) is 2.36. The molecule has 0 unspecified atom stereocenters. The first-order chi connectivity index (χ1) is 4.29. The van der Waals surface area contributed by atoms with Crippen molar-refractivity contribution in [2.45, 2.75) is 12.8 Å². The topological polar surface area (TPSA) is 43.4 Å². The Labute approximate surface area is 82.7 Å². The molecule has 4 heteroatoms. The van der Waals surface area contributed by atoms with Crippen molar-refractivity contribution in [1.29, 1.82) is 0 Å². The molecule has 52 valence electrons. The molecule has 1 rings (SSSR count). The second kappa shape index (κ2) is 5.13. The Morgan fingerprint density at radius 1 is 1.40 bits per heavy atom. The van der Waals surface area contributed by atoms with Gasteiger partial charge in [-0.15, -0.1) is 0 Å². The molecule has 0 aliphatic carbocycles. The van der Waals surface area contributed by atoms with Gasteiger partial charge in [-0.05, 0) is 25.9 Å². The van der Waals surface area contributed by atoms with E-state index < -0.39 is 5.97 Å². The Kier molecular flexibility index (Phi) is 5.35. The number of carbonyl (C=O) groups is 1. The van der Waals surface area contributed by atoms with E-state index >= 15 is 0 Å². The predicted molar refractivity (Wildman–Crippen MR) is 30.7 cm³/mol. The van der Waals surface area contributed by atoms with Crippen LogP contribution in [0.25, 0.3) is 0 Å². The van der Waals surface area contributed by atoms with Gasteiger partial charge in [0.15, 0.2) is 0 Å². The maximum atomic E-state index is 10.0. The van der Waals surface area contributed by atoms with Gasteiger partial charge in [0.05, 0.1) is 5.97 Å². The predicted octanol–water partition coefficient (Wildman–Crippen LogP) is -4.16. The van der Waals surface area contributed by atoms with Crippen molar-refractivity contribution in [3.8, 4) is 0 Å². The van der Waals surface area contributed by atoms with Crippen LogP contribution in [0.4, 0.5) is 0 Å². The van der Waals surface area contributed by atoms with Crippen LogP contribution in [-0.4, -0.2) is 30.5 Å². The van der Waals surface area contributed by atoms with Crippen LogP contribution < -0.4 is 34.7 Å². The van der Waals surface area contributed by atoms with E-state index in [-0.39, 0.29) is 36.1 Å². The number of hydrogen-bond donors (Lipinski definition) is 0. The first-order valence-corrected chi connectivity index (χ1v) is 3.21. The Morgan fingerprint density at radius 2 is 1.90 bits per heavy atom. The number of carboxylic acid groups (broad SMARTS) is 1. The van der Waals surface area contributed by atoms with Crippen molar-refractivity contribution in [1.82, 2.24) is 4.90 Å². The average Bonchev–Trinajstić information content (AvgIpc) is 2.15. The van der Waals surface area contributed by atoms with E-state index in [9.17, 15) is 9.90 Å². The Bertz CT molecular complexity index is 112. The normalized spacial score (nSPS) is 18.4. The van der Waals surface area contributed by atoms with Gasteiger partial charge >= 0.3 is 29.6 Å². The quantitative estimate of drug-likeness (QED) is 0.376. The van der Waals surface area contributed by atoms with Crippen molar-refractivity contribution in [3.63, 3.8) is 0 Å². The number of carbonyl (C=O) groups excluding carboxylic acids is 1. The van der Waals surface area contributed by atoms with E-state index in [4.69, 9.17) is 0 Å². The molecule has 0 N–H and O–H groups in total. The maximum Gasteiger partial charge on any atom is 1.00 e. The maximum absolute atomic E-state index is 10.0. The molecule has 1 heterocycles. The summed E-state index contributed by atoms with van der Waals surface area (Å²) < 4.78 is 0. The molecule has 1 saturated heterocycles. The first-order valence-electron chi connectivity index (χ1n) is 3.21. The third kappa shape index (κ3) is 3.56. The van der Waals surface area contributed by atoms with Crippen molar-refractivity contribution in [2.24, 2.45) is 0 Å². The van der Waals surface area contributed by atoms with Gasteiger partial charge in [0.1, 0.15) is 0 Å². The van der Waals surface area contributed by atoms with Crippen LogP contribution in [0.3, 0.4) is 0 Å². The number of hydrogen-bond acceptors (Lipinski definition) is 3. The van der Waals surface area contributed by atoms with Gasteiger partial charge in [-0.3, -0.25) is 4.90 Å². The van der Waals surface area contributed by atoms with Gasteiger partial charge in [-0.1, -0.05) is 0 Å². The summed E-state index contributed by atoms with van der Waals surface area (Å²) in [7, 11) is 0. The van der Waals surface area contributed by atoms with E-state index in [1.165, 1.54) is 0 Å². The molecular formula is C6H10NNaO2. The Morgan fingerprint density at radius 3 is 2.30 bits per heavy atom. The van der Waals surface area contributed by atoms with Crippen LogP contribution in [0.5, 0.6) is 0 Å². The van der Waals surface area contributed by atoms with Crippen LogP contribution >= 0.6 is 0 Å². The third-order valence-corrected chi connectivity index (χ3v) is 1.55. The molecule has 3 nitrogen and oxygen atoms in total. The van der Waals surface area contributed by atoms with Gasteiger partial charge in [-0.2, -0.15) is 0 Å². The Hall–Kier alpha value is 0.430. The van der Waals surface area contributed by atoms with Crippen LogP contribution in [0.2, 0.25) is 0 Å². The van der Waals surface area contributed by atoms with E-state index in [2.05, 4.69) is 0 Å². The molecule has 0 aromatic rings. The molecule has 10 heavy (non-hydrogen) atoms. The number of rotatable bonds is 2. The minimum Gasteiger partial charge on any atom is -0.549 e. The summed E-state index contributed by atoms with van der Waals surface area (Å²) in [5.41, 5.74) is 0. The van der Waals surface area contributed by atoms with E-state index in [0.29, 0.717) is 0 Å². The van der Waals surface area contributed by atoms with Crippen molar-refractivity contribution >= 4 is 5.97 Å². The van der Waals surface area contributed by atoms with E-state index in [1.807, 2.05) is 4.90 Å². The molecule has 1 aliphatic heterocycles. The zero-order valence-electron chi connectivity index (χ0n) is 6.30. The fraction of sp³-hybridized carbons (Fsp3) is 0.833. The SMILES string of the molecule is O=C([O-])CN1CCCC1.[Na+]. The van der Waals surface area contributed by atoms with Crippen LogP contribution in [0.1, 0.15) is 12.8 Å². The number of carboxylic acids is 1. The molecule has 0 atom stereocenters. The monoisotopic (exact) mass is 151 g/mol. The molecule has 1 fully saturated rings. The summed E-state index contributed by atoms with van der Waals surface area (Å²) in [6.07, 6.45) is 2.26. The third-order valence-electron chi connectivity index (χ3n) is 1.55. The van der Waals surface area contributed by atoms with Crippen LogP contribution in [-0.2, 0) is 4.79 Å². The fourth-order valence-corrected chi connectivity index (χ4v) is 1.12.